The molecule has 0 unspecified atom stereocenters. The molecule has 3 nitrogen and oxygen atoms in total. The van der Waals surface area contributed by atoms with E-state index in [-0.39, 0.29) is 11.3 Å². The molecule has 0 aliphatic rings. The minimum atomic E-state index is -8.44. The van der Waals surface area contributed by atoms with Crippen LogP contribution in [0.1, 0.15) is 5.56 Å². The van der Waals surface area contributed by atoms with Gasteiger partial charge in [-0.05, 0) is 17.7 Å². The second kappa shape index (κ2) is 8.58. The van der Waals surface area contributed by atoms with Gasteiger partial charge in [-0.15, -0.1) is 0 Å². The SMILES string of the molecule is COc1ccc(CNC(=O)C(F)(F)C(F)(F)C(F)(F)C(F)(F)C(F)(F)C(F)(F)C(F)(F)F)cc1. The normalized spacial score (nSPS) is 14.7. The molecule has 0 atom stereocenters. The van der Waals surface area contributed by atoms with Crippen LogP contribution in [0.3, 0.4) is 0 Å². The molecule has 0 fully saturated rings. The molecule has 34 heavy (non-hydrogen) atoms. The van der Waals surface area contributed by atoms with Gasteiger partial charge < -0.3 is 10.1 Å². The third-order valence-corrected chi connectivity index (χ3v) is 4.23. The maximum absolute atomic E-state index is 13.7. The number of methoxy groups -OCH3 is 1. The number of nitrogens with one attached hydrogen (secondary N) is 1. The number of alkyl halides is 15. The highest BCUT2D eigenvalue weighted by atomic mass is 19.4. The monoisotopic (exact) mass is 533 g/mol. The minimum Gasteiger partial charge on any atom is -0.497 e. The fourth-order valence-electron chi connectivity index (χ4n) is 2.15. The Labute approximate surface area is 178 Å². The number of carbonyl (C=O) groups excluding carboxylic acids is 1. The maximum Gasteiger partial charge on any atom is 0.460 e. The second-order valence-electron chi connectivity index (χ2n) is 6.47. The van der Waals surface area contributed by atoms with Crippen LogP contribution in [0, 0.1) is 0 Å². The lowest BCUT2D eigenvalue weighted by Gasteiger charge is -2.41. The zero-order chi connectivity index (χ0) is 27.2. The van der Waals surface area contributed by atoms with Gasteiger partial charge in [-0.3, -0.25) is 4.79 Å². The lowest BCUT2D eigenvalue weighted by molar-refractivity contribution is -0.449. The summed E-state index contributed by atoms with van der Waals surface area (Å²) in [5, 5.41) is 0.896. The van der Waals surface area contributed by atoms with Gasteiger partial charge >= 0.3 is 41.7 Å². The first-order valence-electron chi connectivity index (χ1n) is 8.18. The summed E-state index contributed by atoms with van der Waals surface area (Å²) in [7, 11) is 1.18. The van der Waals surface area contributed by atoms with E-state index in [1.165, 1.54) is 7.11 Å². The Balaban J connectivity index is 3.32. The van der Waals surface area contributed by atoms with Gasteiger partial charge in [0.15, 0.2) is 0 Å². The van der Waals surface area contributed by atoms with E-state index >= 15 is 0 Å². The predicted octanol–water partition coefficient (Wildman–Crippen LogP) is 5.69. The Hall–Kier alpha value is -2.56. The first-order valence-corrected chi connectivity index (χ1v) is 8.18. The molecule has 1 rings (SSSR count). The number of rotatable bonds is 9. The summed E-state index contributed by atoms with van der Waals surface area (Å²) >= 11 is 0. The van der Waals surface area contributed by atoms with Gasteiger partial charge in [0.2, 0.25) is 0 Å². The molecule has 0 saturated carbocycles. The van der Waals surface area contributed by atoms with Gasteiger partial charge in [-0.25, -0.2) is 0 Å². The second-order valence-corrected chi connectivity index (χ2v) is 6.47. The third-order valence-electron chi connectivity index (χ3n) is 4.23. The minimum absolute atomic E-state index is 0.158. The molecule has 0 aliphatic carbocycles. The van der Waals surface area contributed by atoms with Crippen molar-refractivity contribution >= 4 is 5.91 Å². The van der Waals surface area contributed by atoms with E-state index in [1.807, 2.05) is 0 Å². The topological polar surface area (TPSA) is 38.3 Å². The predicted molar refractivity (Wildman–Crippen MR) is 80.6 cm³/mol. The first-order chi connectivity index (χ1) is 14.9. The highest BCUT2D eigenvalue weighted by Crippen LogP contribution is 2.62. The molecule has 0 radical (unpaired) electrons. The van der Waals surface area contributed by atoms with Crippen LogP contribution in [0.4, 0.5) is 65.9 Å². The molecule has 1 aromatic rings. The summed E-state index contributed by atoms with van der Waals surface area (Å²) in [6.45, 7) is -1.15. The van der Waals surface area contributed by atoms with Crippen molar-refractivity contribution in [3.8, 4) is 5.75 Å². The van der Waals surface area contributed by atoms with Crippen LogP contribution in [-0.4, -0.2) is 54.7 Å². The zero-order valence-electron chi connectivity index (χ0n) is 16.0. The fourth-order valence-corrected chi connectivity index (χ4v) is 2.15. The summed E-state index contributed by atoms with van der Waals surface area (Å²) in [5.74, 6) is -51.4. The molecular weight excluding hydrogens is 523 g/mol. The van der Waals surface area contributed by atoms with Gasteiger partial charge in [-0.2, -0.15) is 65.9 Å². The number of ether oxygens (including phenoxy) is 1. The molecule has 1 amide bonds. The molecule has 0 bridgehead atoms. The number of carbonyl (C=O) groups is 1. The lowest BCUT2D eigenvalue weighted by Crippen LogP contribution is -2.73. The van der Waals surface area contributed by atoms with Gasteiger partial charge in [-0.1, -0.05) is 12.1 Å². The van der Waals surface area contributed by atoms with Gasteiger partial charge in [0.05, 0.1) is 7.11 Å². The van der Waals surface area contributed by atoms with Crippen LogP contribution < -0.4 is 10.1 Å². The highest BCUT2D eigenvalue weighted by Gasteiger charge is 2.94. The van der Waals surface area contributed by atoms with Crippen LogP contribution in [0.2, 0.25) is 0 Å². The van der Waals surface area contributed by atoms with Crippen LogP contribution >= 0.6 is 0 Å². The molecule has 0 aliphatic heterocycles. The van der Waals surface area contributed by atoms with Crippen molar-refractivity contribution in [2.24, 2.45) is 0 Å². The average molecular weight is 533 g/mol. The van der Waals surface area contributed by atoms with Gasteiger partial charge in [0.25, 0.3) is 5.91 Å². The van der Waals surface area contributed by atoms with Crippen molar-refractivity contribution in [1.29, 1.82) is 0 Å². The first kappa shape index (κ1) is 29.5. The van der Waals surface area contributed by atoms with Crippen molar-refractivity contribution in [3.05, 3.63) is 29.8 Å². The summed E-state index contributed by atoms with van der Waals surface area (Å²) < 4.78 is 201. The highest BCUT2D eigenvalue weighted by molar-refractivity contribution is 5.84. The number of hydrogen-bond donors (Lipinski definition) is 1. The number of hydrogen-bond acceptors (Lipinski definition) is 2. The Morgan fingerprint density at radius 3 is 1.44 bits per heavy atom. The van der Waals surface area contributed by atoms with Crippen molar-refractivity contribution in [1.82, 2.24) is 5.32 Å². The third kappa shape index (κ3) is 4.30. The summed E-state index contributed by atoms with van der Waals surface area (Å²) in [6.07, 6.45) is -7.69. The number of halogens is 15. The van der Waals surface area contributed by atoms with Gasteiger partial charge in [0.1, 0.15) is 5.75 Å². The van der Waals surface area contributed by atoms with Crippen molar-refractivity contribution in [2.75, 3.05) is 7.11 Å². The van der Waals surface area contributed by atoms with E-state index in [1.54, 1.807) is 0 Å². The van der Waals surface area contributed by atoms with Gasteiger partial charge in [0, 0.05) is 6.54 Å². The molecular formula is C16H10F15NO2. The zero-order valence-corrected chi connectivity index (χ0v) is 16.0. The molecule has 0 aromatic heterocycles. The summed E-state index contributed by atoms with van der Waals surface area (Å²) in [4.78, 5) is 11.3. The molecule has 1 aromatic carbocycles. The van der Waals surface area contributed by atoms with Crippen LogP contribution in [0.5, 0.6) is 5.75 Å². The molecule has 0 saturated heterocycles. The maximum atomic E-state index is 13.7. The Morgan fingerprint density at radius 1 is 0.676 bits per heavy atom. The quantitative estimate of drug-likeness (QED) is 0.415. The van der Waals surface area contributed by atoms with E-state index in [4.69, 9.17) is 0 Å². The van der Waals surface area contributed by atoms with Crippen LogP contribution in [-0.2, 0) is 11.3 Å². The number of benzene rings is 1. The molecule has 196 valence electrons. The fraction of sp³-hybridized carbons (Fsp3) is 0.562. The molecule has 18 heteroatoms. The summed E-state index contributed by atoms with van der Waals surface area (Å²) in [6, 6.07) is 4.29. The van der Waals surface area contributed by atoms with E-state index in [9.17, 15) is 70.7 Å². The number of amides is 1. The van der Waals surface area contributed by atoms with E-state index in [2.05, 4.69) is 4.74 Å². The Kier molecular flexibility index (Phi) is 7.44. The molecule has 1 N–H and O–H groups in total. The van der Waals surface area contributed by atoms with Crippen LogP contribution in [0.15, 0.2) is 24.3 Å². The molecule has 0 spiro atoms. The molecule has 0 heterocycles. The van der Waals surface area contributed by atoms with E-state index in [0.29, 0.717) is 0 Å². The Morgan fingerprint density at radius 2 is 1.06 bits per heavy atom. The summed E-state index contributed by atoms with van der Waals surface area (Å²) in [5.41, 5.74) is -0.193. The smallest absolute Gasteiger partial charge is 0.460 e. The van der Waals surface area contributed by atoms with Crippen molar-refractivity contribution in [2.45, 2.75) is 48.3 Å². The average Bonchev–Trinajstić information content (AvgIpc) is 2.70. The van der Waals surface area contributed by atoms with E-state index in [0.717, 1.165) is 29.6 Å². The van der Waals surface area contributed by atoms with Crippen molar-refractivity contribution in [3.63, 3.8) is 0 Å². The standard InChI is InChI=1S/C16H10F15NO2/c1-34-8-4-2-7(3-5-8)6-32-9(33)10(17,18)11(19,20)12(21,22)13(23,24)14(25,26)15(27,28)16(29,30)31/h2-5H,6H2,1H3,(H,32,33). The Bertz CT molecular complexity index is 877. The van der Waals surface area contributed by atoms with Crippen molar-refractivity contribution < 1.29 is 75.4 Å². The lowest BCUT2D eigenvalue weighted by atomic mass is 9.91. The van der Waals surface area contributed by atoms with Crippen LogP contribution in [0.25, 0.3) is 0 Å². The largest absolute Gasteiger partial charge is 0.497 e. The van der Waals surface area contributed by atoms with E-state index < -0.39 is 54.2 Å².